The van der Waals surface area contributed by atoms with Gasteiger partial charge in [0, 0.05) is 38.3 Å². The van der Waals surface area contributed by atoms with E-state index in [2.05, 4.69) is 40.8 Å². The summed E-state index contributed by atoms with van der Waals surface area (Å²) in [4.78, 5) is 20.7. The van der Waals surface area contributed by atoms with E-state index in [0.29, 0.717) is 19.0 Å². The molecule has 0 spiro atoms. The summed E-state index contributed by atoms with van der Waals surface area (Å²) in [5.74, 6) is 1.23. The molecule has 0 saturated carbocycles. The van der Waals surface area contributed by atoms with E-state index in [1.165, 1.54) is 5.70 Å². The van der Waals surface area contributed by atoms with Crippen molar-refractivity contribution in [3.63, 3.8) is 0 Å². The molecular formula is C23H31ClN4O2. The SMILES string of the molecule is C#C.C=Nc1ccccc1NCC(=O)N1CCN(/C(=C/C)C/C=C(\CCl)OC)CC1. The van der Waals surface area contributed by atoms with Crippen LogP contribution in [-0.2, 0) is 9.53 Å². The number of terminal acetylenes is 1. The fourth-order valence-corrected chi connectivity index (χ4v) is 3.35. The Balaban J connectivity index is 0.00000218. The van der Waals surface area contributed by atoms with E-state index < -0.39 is 0 Å². The molecule has 1 aliphatic rings. The minimum Gasteiger partial charge on any atom is -0.500 e. The van der Waals surface area contributed by atoms with Gasteiger partial charge >= 0.3 is 0 Å². The number of hydrogen-bond acceptors (Lipinski definition) is 5. The zero-order chi connectivity index (χ0) is 22.4. The number of amides is 1. The van der Waals surface area contributed by atoms with Gasteiger partial charge < -0.3 is 19.9 Å². The number of ether oxygens (including phenoxy) is 1. The van der Waals surface area contributed by atoms with Crippen LogP contribution in [0.2, 0.25) is 0 Å². The smallest absolute Gasteiger partial charge is 0.241 e. The van der Waals surface area contributed by atoms with E-state index in [1.54, 1.807) is 7.11 Å². The number of carbonyl (C=O) groups is 1. The van der Waals surface area contributed by atoms with Gasteiger partial charge in [-0.05, 0) is 31.9 Å². The van der Waals surface area contributed by atoms with Gasteiger partial charge in [0.2, 0.25) is 5.91 Å². The van der Waals surface area contributed by atoms with Crippen molar-refractivity contribution in [3.05, 3.63) is 47.9 Å². The van der Waals surface area contributed by atoms with Crippen molar-refractivity contribution < 1.29 is 9.53 Å². The van der Waals surface area contributed by atoms with Gasteiger partial charge in [-0.25, -0.2) is 0 Å². The number of nitrogens with one attached hydrogen (secondary N) is 1. The topological polar surface area (TPSA) is 57.2 Å². The van der Waals surface area contributed by atoms with Crippen molar-refractivity contribution in [2.75, 3.05) is 51.0 Å². The molecule has 0 aromatic heterocycles. The molecule has 1 N–H and O–H groups in total. The lowest BCUT2D eigenvalue weighted by molar-refractivity contribution is -0.130. The Morgan fingerprint density at radius 1 is 1.27 bits per heavy atom. The van der Waals surface area contributed by atoms with Crippen LogP contribution < -0.4 is 5.32 Å². The second-order valence-corrected chi connectivity index (χ2v) is 6.66. The highest BCUT2D eigenvalue weighted by molar-refractivity contribution is 6.19. The predicted molar refractivity (Wildman–Crippen MR) is 126 cm³/mol. The maximum atomic E-state index is 12.6. The van der Waals surface area contributed by atoms with Crippen molar-refractivity contribution >= 4 is 35.6 Å². The molecule has 1 aromatic rings. The molecule has 0 bridgehead atoms. The minimum absolute atomic E-state index is 0.0873. The van der Waals surface area contributed by atoms with E-state index in [9.17, 15) is 4.79 Å². The number of anilines is 1. The molecule has 1 amide bonds. The second kappa shape index (κ2) is 14.1. The average molecular weight is 431 g/mol. The molecule has 1 heterocycles. The number of allylic oxidation sites excluding steroid dienone is 3. The minimum atomic E-state index is 0.0873. The fourth-order valence-electron chi connectivity index (χ4n) is 3.13. The molecule has 30 heavy (non-hydrogen) atoms. The summed E-state index contributed by atoms with van der Waals surface area (Å²) in [7, 11) is 1.63. The van der Waals surface area contributed by atoms with Crippen LogP contribution in [-0.4, -0.2) is 68.1 Å². The van der Waals surface area contributed by atoms with Gasteiger partial charge in [-0.1, -0.05) is 18.2 Å². The number of benzene rings is 1. The van der Waals surface area contributed by atoms with Crippen LogP contribution in [0.1, 0.15) is 13.3 Å². The largest absolute Gasteiger partial charge is 0.500 e. The molecule has 0 unspecified atom stereocenters. The number of methoxy groups -OCH3 is 1. The van der Waals surface area contributed by atoms with Crippen LogP contribution in [0.5, 0.6) is 0 Å². The number of hydrogen-bond donors (Lipinski definition) is 1. The van der Waals surface area contributed by atoms with Gasteiger partial charge in [0.15, 0.2) is 0 Å². The third-order valence-corrected chi connectivity index (χ3v) is 5.07. The van der Waals surface area contributed by atoms with Crippen LogP contribution in [0, 0.1) is 12.8 Å². The first kappa shape index (κ1) is 25.1. The molecular weight excluding hydrogens is 400 g/mol. The third kappa shape index (κ3) is 7.49. The zero-order valence-corrected chi connectivity index (χ0v) is 18.6. The standard InChI is InChI=1S/C21H29ClN4O2.C2H2/c1-4-17(9-10-18(15-22)28-3)25-11-13-26(14-12-25)21(27)16-24-20-8-6-5-7-19(20)23-2;1-2/h4-8,10,24H,2,9,11-16H2,1,3H3;1-2H/b17-4+,18-10+;. The molecule has 1 saturated heterocycles. The zero-order valence-electron chi connectivity index (χ0n) is 17.8. The molecule has 2 rings (SSSR count). The van der Waals surface area contributed by atoms with E-state index in [0.717, 1.165) is 36.6 Å². The maximum absolute atomic E-state index is 12.6. The van der Waals surface area contributed by atoms with Crippen LogP contribution in [0.15, 0.2) is 52.9 Å². The molecule has 0 atom stereocenters. The van der Waals surface area contributed by atoms with Crippen molar-refractivity contribution in [1.29, 1.82) is 0 Å². The first-order chi connectivity index (χ1) is 14.6. The summed E-state index contributed by atoms with van der Waals surface area (Å²) in [6.45, 7) is 8.88. The number of alkyl halides is 1. The van der Waals surface area contributed by atoms with Crippen LogP contribution >= 0.6 is 11.6 Å². The Kier molecular flexibility index (Phi) is 11.8. The van der Waals surface area contributed by atoms with Gasteiger partial charge in [-0.15, -0.1) is 24.4 Å². The number of aliphatic imine (C=N–C) groups is 1. The number of carbonyl (C=O) groups excluding carboxylic acids is 1. The molecule has 7 heteroatoms. The average Bonchev–Trinajstić information content (AvgIpc) is 2.82. The Morgan fingerprint density at radius 2 is 1.90 bits per heavy atom. The predicted octanol–water partition coefficient (Wildman–Crippen LogP) is 3.89. The number of nitrogens with zero attached hydrogens (tertiary/aromatic N) is 3. The Morgan fingerprint density at radius 3 is 2.47 bits per heavy atom. The van der Waals surface area contributed by atoms with Crippen molar-refractivity contribution in [3.8, 4) is 12.8 Å². The van der Waals surface area contributed by atoms with E-state index >= 15 is 0 Å². The maximum Gasteiger partial charge on any atom is 0.241 e. The van der Waals surface area contributed by atoms with Crippen LogP contribution in [0.3, 0.4) is 0 Å². The summed E-state index contributed by atoms with van der Waals surface area (Å²) in [6.07, 6.45) is 12.9. The van der Waals surface area contributed by atoms with Crippen molar-refractivity contribution in [2.45, 2.75) is 13.3 Å². The molecule has 1 aliphatic heterocycles. The van der Waals surface area contributed by atoms with E-state index in [-0.39, 0.29) is 12.5 Å². The second-order valence-electron chi connectivity index (χ2n) is 6.39. The Hall–Kier alpha value is -2.91. The highest BCUT2D eigenvalue weighted by Crippen LogP contribution is 2.23. The Labute approximate surface area is 185 Å². The highest BCUT2D eigenvalue weighted by atomic mass is 35.5. The Bertz CT molecular complexity index is 759. The number of rotatable bonds is 9. The van der Waals surface area contributed by atoms with Crippen LogP contribution in [0.4, 0.5) is 11.4 Å². The van der Waals surface area contributed by atoms with Gasteiger partial charge in [-0.3, -0.25) is 9.79 Å². The van der Waals surface area contributed by atoms with Crippen molar-refractivity contribution in [2.24, 2.45) is 4.99 Å². The lowest BCUT2D eigenvalue weighted by Crippen LogP contribution is -2.49. The summed E-state index contributed by atoms with van der Waals surface area (Å²) in [5, 5.41) is 3.17. The van der Waals surface area contributed by atoms with Crippen LogP contribution in [0.25, 0.3) is 0 Å². The fraction of sp³-hybridized carbons (Fsp3) is 0.391. The first-order valence-electron chi connectivity index (χ1n) is 9.72. The van der Waals surface area contributed by atoms with Gasteiger partial charge in [-0.2, -0.15) is 0 Å². The summed E-state index contributed by atoms with van der Waals surface area (Å²) in [6, 6.07) is 7.57. The number of halogens is 1. The molecule has 0 radical (unpaired) electrons. The summed E-state index contributed by atoms with van der Waals surface area (Å²) >= 11 is 5.84. The molecule has 1 aromatic carbocycles. The van der Waals surface area contributed by atoms with E-state index in [4.69, 9.17) is 16.3 Å². The quantitative estimate of drug-likeness (QED) is 0.279. The van der Waals surface area contributed by atoms with Gasteiger partial charge in [0.25, 0.3) is 0 Å². The molecule has 162 valence electrons. The lowest BCUT2D eigenvalue weighted by Gasteiger charge is -2.37. The van der Waals surface area contributed by atoms with Crippen molar-refractivity contribution in [1.82, 2.24) is 9.80 Å². The molecule has 6 nitrogen and oxygen atoms in total. The summed E-state index contributed by atoms with van der Waals surface area (Å²) < 4.78 is 5.22. The normalized spacial score (nSPS) is 14.4. The first-order valence-corrected chi connectivity index (χ1v) is 10.3. The van der Waals surface area contributed by atoms with E-state index in [1.807, 2.05) is 42.2 Å². The monoisotopic (exact) mass is 430 g/mol. The lowest BCUT2D eigenvalue weighted by atomic mass is 10.2. The molecule has 1 fully saturated rings. The van der Waals surface area contributed by atoms with Gasteiger partial charge in [0.05, 0.1) is 30.9 Å². The highest BCUT2D eigenvalue weighted by Gasteiger charge is 2.21. The number of para-hydroxylation sites is 2. The number of piperazine rings is 1. The third-order valence-electron chi connectivity index (χ3n) is 4.81. The molecule has 0 aliphatic carbocycles. The summed E-state index contributed by atoms with van der Waals surface area (Å²) in [5.41, 5.74) is 2.79. The van der Waals surface area contributed by atoms with Gasteiger partial charge in [0.1, 0.15) is 5.76 Å².